The zero-order chi connectivity index (χ0) is 27.2. The van der Waals surface area contributed by atoms with Crippen molar-refractivity contribution < 1.29 is 4.74 Å². The largest absolute Gasteiger partial charge is 0.489 e. The maximum Gasteiger partial charge on any atom is 0.137 e. The molecular formula is C30H40Cl5N5O. The van der Waals surface area contributed by atoms with Gasteiger partial charge in [0.2, 0.25) is 0 Å². The third-order valence-corrected chi connectivity index (χ3v) is 8.98. The maximum absolute atomic E-state index is 6.64. The van der Waals surface area contributed by atoms with Crippen LogP contribution in [0.25, 0.3) is 0 Å². The second kappa shape index (κ2) is 16.6. The SMILES string of the molecule is CC[C@@H](CN1CCCC1)Oc1cc(Cl)ccc1C1CCN(C[C@@H](Cc2ccc(Cl)cc2Cl)n2cncn2)CC1.Cl.Cl. The van der Waals surface area contributed by atoms with E-state index in [9.17, 15) is 0 Å². The number of likely N-dealkylation sites (tertiary alicyclic amines) is 2. The first-order valence-electron chi connectivity index (χ1n) is 14.2. The van der Waals surface area contributed by atoms with Gasteiger partial charge in [-0.25, -0.2) is 9.67 Å². The summed E-state index contributed by atoms with van der Waals surface area (Å²) in [5, 5.41) is 6.53. The number of piperidine rings is 1. The monoisotopic (exact) mass is 661 g/mol. The van der Waals surface area contributed by atoms with E-state index in [1.54, 1.807) is 12.7 Å². The lowest BCUT2D eigenvalue weighted by molar-refractivity contribution is 0.139. The molecule has 0 radical (unpaired) electrons. The molecule has 0 spiro atoms. The lowest BCUT2D eigenvalue weighted by Crippen LogP contribution is -2.38. The Labute approximate surface area is 271 Å². The smallest absolute Gasteiger partial charge is 0.137 e. The molecule has 3 heterocycles. The lowest BCUT2D eigenvalue weighted by Gasteiger charge is -2.35. The van der Waals surface area contributed by atoms with Crippen LogP contribution in [-0.4, -0.2) is 69.9 Å². The Hall–Kier alpha value is -1.25. The molecule has 41 heavy (non-hydrogen) atoms. The van der Waals surface area contributed by atoms with Crippen molar-refractivity contribution in [2.24, 2.45) is 0 Å². The van der Waals surface area contributed by atoms with Crippen molar-refractivity contribution in [3.8, 4) is 5.75 Å². The molecule has 6 nitrogen and oxygen atoms in total. The number of rotatable bonds is 11. The molecule has 0 unspecified atom stereocenters. The zero-order valence-corrected chi connectivity index (χ0v) is 27.3. The van der Waals surface area contributed by atoms with Gasteiger partial charge in [0.05, 0.1) is 6.04 Å². The molecule has 0 saturated carbocycles. The van der Waals surface area contributed by atoms with Crippen LogP contribution < -0.4 is 4.74 Å². The van der Waals surface area contributed by atoms with E-state index >= 15 is 0 Å². The Kier molecular flexibility index (Phi) is 13.8. The fourth-order valence-corrected chi connectivity index (χ4v) is 6.59. The molecule has 2 saturated heterocycles. The molecule has 226 valence electrons. The molecule has 2 aliphatic heterocycles. The highest BCUT2D eigenvalue weighted by Crippen LogP contribution is 2.37. The summed E-state index contributed by atoms with van der Waals surface area (Å²) in [7, 11) is 0. The van der Waals surface area contributed by atoms with E-state index in [4.69, 9.17) is 39.5 Å². The Morgan fingerprint density at radius 3 is 2.24 bits per heavy atom. The summed E-state index contributed by atoms with van der Waals surface area (Å²) >= 11 is 19.1. The van der Waals surface area contributed by atoms with Crippen molar-refractivity contribution in [3.63, 3.8) is 0 Å². The van der Waals surface area contributed by atoms with Gasteiger partial charge in [0.15, 0.2) is 0 Å². The van der Waals surface area contributed by atoms with Gasteiger partial charge in [0, 0.05) is 28.2 Å². The summed E-state index contributed by atoms with van der Waals surface area (Å²) in [4.78, 5) is 9.26. The fraction of sp³-hybridized carbons (Fsp3) is 0.533. The Morgan fingerprint density at radius 1 is 0.902 bits per heavy atom. The number of nitrogens with zero attached hydrogens (tertiary/aromatic N) is 5. The first-order valence-corrected chi connectivity index (χ1v) is 15.3. The van der Waals surface area contributed by atoms with Crippen molar-refractivity contribution in [1.29, 1.82) is 0 Å². The minimum absolute atomic E-state index is 0. The maximum atomic E-state index is 6.64. The zero-order valence-electron chi connectivity index (χ0n) is 23.4. The van der Waals surface area contributed by atoms with Crippen LogP contribution in [0.15, 0.2) is 49.1 Å². The molecule has 5 rings (SSSR count). The molecule has 2 aromatic carbocycles. The van der Waals surface area contributed by atoms with Gasteiger partial charge < -0.3 is 9.64 Å². The molecule has 11 heteroatoms. The minimum Gasteiger partial charge on any atom is -0.489 e. The van der Waals surface area contributed by atoms with Gasteiger partial charge in [-0.1, -0.05) is 53.9 Å². The Morgan fingerprint density at radius 2 is 1.59 bits per heavy atom. The van der Waals surface area contributed by atoms with Crippen LogP contribution in [0.5, 0.6) is 5.75 Å². The molecule has 0 bridgehead atoms. The summed E-state index contributed by atoms with van der Waals surface area (Å²) < 4.78 is 8.59. The van der Waals surface area contributed by atoms with E-state index in [2.05, 4.69) is 32.9 Å². The van der Waals surface area contributed by atoms with Gasteiger partial charge in [0.1, 0.15) is 24.5 Å². The van der Waals surface area contributed by atoms with E-state index in [-0.39, 0.29) is 37.0 Å². The van der Waals surface area contributed by atoms with Crippen molar-refractivity contribution in [1.82, 2.24) is 24.6 Å². The molecule has 0 N–H and O–H groups in total. The number of hydrogen-bond donors (Lipinski definition) is 0. The number of aromatic nitrogens is 3. The molecular weight excluding hydrogens is 624 g/mol. The predicted molar refractivity (Wildman–Crippen MR) is 174 cm³/mol. The highest BCUT2D eigenvalue weighted by Gasteiger charge is 2.27. The standard InChI is InChI=1S/C30H38Cl3N5O.2ClH/c1-2-27(19-36-11-3-4-12-36)39-30-17-25(32)7-8-28(30)22-9-13-37(14-10-22)18-26(38-21-34-20-35-38)15-23-5-6-24(31)16-29(23)33;;/h5-8,16-17,20-22,26-27H,2-4,9-15,18-19H2,1H3;2*1H/t26-,27+;;/m1../s1. The van der Waals surface area contributed by atoms with Crippen LogP contribution in [0, 0.1) is 0 Å². The summed E-state index contributed by atoms with van der Waals surface area (Å²) in [6.45, 7) is 8.47. The quantitative estimate of drug-likeness (QED) is 0.208. The normalized spacial score (nSPS) is 18.0. The van der Waals surface area contributed by atoms with Gasteiger partial charge in [-0.2, -0.15) is 5.10 Å². The number of halogens is 5. The van der Waals surface area contributed by atoms with Crippen molar-refractivity contribution in [3.05, 3.63) is 75.2 Å². The second-order valence-electron chi connectivity index (χ2n) is 10.9. The van der Waals surface area contributed by atoms with Crippen LogP contribution in [-0.2, 0) is 6.42 Å². The van der Waals surface area contributed by atoms with Crippen molar-refractivity contribution in [2.75, 3.05) is 39.3 Å². The molecule has 2 aliphatic rings. The van der Waals surface area contributed by atoms with E-state index < -0.39 is 0 Å². The van der Waals surface area contributed by atoms with Crippen LogP contribution in [0.3, 0.4) is 0 Å². The third kappa shape index (κ3) is 9.37. The van der Waals surface area contributed by atoms with Gasteiger partial charge >= 0.3 is 0 Å². The highest BCUT2D eigenvalue weighted by molar-refractivity contribution is 6.35. The number of ether oxygens (including phenoxy) is 1. The number of benzene rings is 2. The Balaban J connectivity index is 0.00000231. The van der Waals surface area contributed by atoms with E-state index in [0.717, 1.165) is 68.2 Å². The minimum atomic E-state index is 0. The van der Waals surface area contributed by atoms with Crippen LogP contribution in [0.1, 0.15) is 62.1 Å². The van der Waals surface area contributed by atoms with Crippen LogP contribution >= 0.6 is 59.6 Å². The average molecular weight is 664 g/mol. The highest BCUT2D eigenvalue weighted by atomic mass is 35.5. The van der Waals surface area contributed by atoms with Gasteiger partial charge in [-0.05, 0) is 106 Å². The topological polar surface area (TPSA) is 46.4 Å². The average Bonchev–Trinajstić information content (AvgIpc) is 3.65. The molecule has 0 amide bonds. The third-order valence-electron chi connectivity index (χ3n) is 8.16. The van der Waals surface area contributed by atoms with Crippen LogP contribution in [0.4, 0.5) is 0 Å². The second-order valence-corrected chi connectivity index (χ2v) is 12.2. The first kappa shape index (κ1) is 34.2. The first-order chi connectivity index (χ1) is 19.0. The predicted octanol–water partition coefficient (Wildman–Crippen LogP) is 8.00. The molecule has 2 fully saturated rings. The summed E-state index contributed by atoms with van der Waals surface area (Å²) in [5.74, 6) is 1.42. The van der Waals surface area contributed by atoms with Crippen molar-refractivity contribution in [2.45, 2.75) is 63.5 Å². The fourth-order valence-electron chi connectivity index (χ4n) is 5.94. The Bertz CT molecular complexity index is 1200. The molecule has 2 atom stereocenters. The van der Waals surface area contributed by atoms with E-state index in [1.807, 2.05) is 35.0 Å². The lowest BCUT2D eigenvalue weighted by atomic mass is 9.88. The van der Waals surface area contributed by atoms with Gasteiger partial charge in [-0.3, -0.25) is 4.90 Å². The number of hydrogen-bond acceptors (Lipinski definition) is 5. The van der Waals surface area contributed by atoms with Crippen molar-refractivity contribution >= 4 is 59.6 Å². The molecule has 1 aromatic heterocycles. The van der Waals surface area contributed by atoms with E-state index in [1.165, 1.54) is 31.5 Å². The molecule has 0 aliphatic carbocycles. The summed E-state index contributed by atoms with van der Waals surface area (Å²) in [6, 6.07) is 12.1. The van der Waals surface area contributed by atoms with E-state index in [0.29, 0.717) is 16.0 Å². The summed E-state index contributed by atoms with van der Waals surface area (Å²) in [5.41, 5.74) is 2.36. The van der Waals surface area contributed by atoms with Gasteiger partial charge in [0.25, 0.3) is 0 Å². The van der Waals surface area contributed by atoms with Gasteiger partial charge in [-0.15, -0.1) is 24.8 Å². The molecule has 3 aromatic rings. The van der Waals surface area contributed by atoms with Crippen LogP contribution in [0.2, 0.25) is 15.1 Å². The summed E-state index contributed by atoms with van der Waals surface area (Å²) in [6.07, 6.45) is 10.1.